The van der Waals surface area contributed by atoms with Crippen molar-refractivity contribution in [2.45, 2.75) is 13.5 Å². The minimum absolute atomic E-state index is 0.0228. The summed E-state index contributed by atoms with van der Waals surface area (Å²) in [4.78, 5) is 36.3. The maximum atomic E-state index is 12.1. The van der Waals surface area contributed by atoms with Crippen LogP contribution < -0.4 is 15.7 Å². The van der Waals surface area contributed by atoms with Crippen molar-refractivity contribution in [2.75, 3.05) is 0 Å². The molecule has 0 saturated carbocycles. The average molecular weight is 389 g/mol. The Hall–Kier alpha value is -4.00. The molecule has 0 bridgehead atoms. The largest absolute Gasteiger partial charge is 0.423 e. The number of carbonyl (C=O) groups is 2. The minimum Gasteiger partial charge on any atom is -0.423 e. The van der Waals surface area contributed by atoms with E-state index >= 15 is 0 Å². The normalized spacial score (nSPS) is 10.7. The predicted molar refractivity (Wildman–Crippen MR) is 109 cm³/mol. The Labute approximate surface area is 167 Å². The highest BCUT2D eigenvalue weighted by atomic mass is 16.5. The molecule has 1 amide bonds. The number of rotatable bonds is 6. The number of esters is 1. The van der Waals surface area contributed by atoms with Crippen LogP contribution in [-0.2, 0) is 6.54 Å². The monoisotopic (exact) mass is 389 g/mol. The van der Waals surface area contributed by atoms with Gasteiger partial charge in [0.25, 0.3) is 11.5 Å². The van der Waals surface area contributed by atoms with E-state index in [4.69, 9.17) is 4.74 Å². The van der Waals surface area contributed by atoms with Crippen LogP contribution in [0.15, 0.2) is 82.8 Å². The first-order valence-electron chi connectivity index (χ1n) is 8.98. The molecule has 3 aromatic rings. The van der Waals surface area contributed by atoms with Crippen molar-refractivity contribution in [3.8, 4) is 5.75 Å². The zero-order chi connectivity index (χ0) is 20.6. The summed E-state index contributed by atoms with van der Waals surface area (Å²) in [5.41, 5.74) is 3.14. The molecule has 1 aromatic heterocycles. The molecule has 146 valence electrons. The molecule has 2 aromatic carbocycles. The van der Waals surface area contributed by atoms with Crippen LogP contribution in [-0.4, -0.2) is 22.7 Å². The van der Waals surface area contributed by atoms with E-state index in [9.17, 15) is 14.4 Å². The number of aryl methyl sites for hydroxylation is 1. The molecule has 0 aliphatic carbocycles. The lowest BCUT2D eigenvalue weighted by atomic mass is 10.2. The molecule has 1 heterocycles. The van der Waals surface area contributed by atoms with Crippen LogP contribution in [0.4, 0.5) is 0 Å². The second-order valence-corrected chi connectivity index (χ2v) is 6.04. The predicted octanol–water partition coefficient (Wildman–Crippen LogP) is 2.85. The van der Waals surface area contributed by atoms with Gasteiger partial charge in [-0.3, -0.25) is 9.59 Å². The first-order valence-corrected chi connectivity index (χ1v) is 8.98. The van der Waals surface area contributed by atoms with E-state index in [0.717, 1.165) is 0 Å². The number of carbonyl (C=O) groups excluding carboxylic acids is 2. The SMILES string of the molecule is CCn1cccc(C(=O)N/N=C\c2ccc(OC(=O)c3ccccc3)cc2)c1=O. The van der Waals surface area contributed by atoms with Gasteiger partial charge in [-0.1, -0.05) is 18.2 Å². The van der Waals surface area contributed by atoms with Gasteiger partial charge >= 0.3 is 5.97 Å². The van der Waals surface area contributed by atoms with Crippen LogP contribution in [0, 0.1) is 0 Å². The fourth-order valence-corrected chi connectivity index (χ4v) is 2.55. The summed E-state index contributed by atoms with van der Waals surface area (Å²) >= 11 is 0. The van der Waals surface area contributed by atoms with Crippen LogP contribution in [0.25, 0.3) is 0 Å². The summed E-state index contributed by atoms with van der Waals surface area (Å²) in [5, 5.41) is 3.87. The second-order valence-electron chi connectivity index (χ2n) is 6.04. The Bertz CT molecular complexity index is 1090. The molecule has 0 aliphatic heterocycles. The number of pyridine rings is 1. The van der Waals surface area contributed by atoms with Crippen molar-refractivity contribution in [2.24, 2.45) is 5.10 Å². The lowest BCUT2D eigenvalue weighted by molar-refractivity contribution is 0.0734. The van der Waals surface area contributed by atoms with Gasteiger partial charge in [-0.25, -0.2) is 10.2 Å². The number of hydrogen-bond acceptors (Lipinski definition) is 5. The molecule has 7 heteroatoms. The number of aromatic nitrogens is 1. The molecule has 29 heavy (non-hydrogen) atoms. The molecule has 0 radical (unpaired) electrons. The van der Waals surface area contributed by atoms with Gasteiger partial charge in [0, 0.05) is 12.7 Å². The van der Waals surface area contributed by atoms with Gasteiger partial charge in [-0.2, -0.15) is 5.10 Å². The maximum Gasteiger partial charge on any atom is 0.343 e. The Kier molecular flexibility index (Phi) is 6.32. The molecule has 0 atom stereocenters. The molecule has 0 fully saturated rings. The summed E-state index contributed by atoms with van der Waals surface area (Å²) in [7, 11) is 0. The third kappa shape index (κ3) is 5.04. The number of nitrogens with zero attached hydrogens (tertiary/aromatic N) is 2. The van der Waals surface area contributed by atoms with Crippen molar-refractivity contribution in [1.29, 1.82) is 0 Å². The highest BCUT2D eigenvalue weighted by Gasteiger charge is 2.10. The quantitative estimate of drug-likeness (QED) is 0.304. The van der Waals surface area contributed by atoms with E-state index in [1.165, 1.54) is 16.8 Å². The van der Waals surface area contributed by atoms with E-state index in [1.54, 1.807) is 60.8 Å². The van der Waals surface area contributed by atoms with Gasteiger partial charge in [0.2, 0.25) is 0 Å². The van der Waals surface area contributed by atoms with E-state index in [0.29, 0.717) is 23.4 Å². The van der Waals surface area contributed by atoms with Crippen molar-refractivity contribution in [3.05, 3.63) is 100.0 Å². The lowest BCUT2D eigenvalue weighted by Gasteiger charge is -2.05. The molecule has 0 unspecified atom stereocenters. The van der Waals surface area contributed by atoms with Crippen molar-refractivity contribution in [3.63, 3.8) is 0 Å². The third-order valence-electron chi connectivity index (χ3n) is 4.09. The second kappa shape index (κ2) is 9.27. The van der Waals surface area contributed by atoms with Gasteiger partial charge < -0.3 is 9.30 Å². The summed E-state index contributed by atoms with van der Waals surface area (Å²) in [6, 6.07) is 18.4. The van der Waals surface area contributed by atoms with Gasteiger partial charge in [-0.15, -0.1) is 0 Å². The fraction of sp³-hybridized carbons (Fsp3) is 0.0909. The number of nitrogens with one attached hydrogen (secondary N) is 1. The molecule has 0 spiro atoms. The van der Waals surface area contributed by atoms with Gasteiger partial charge in [0.05, 0.1) is 11.8 Å². The Morgan fingerprint density at radius 1 is 1.03 bits per heavy atom. The fourth-order valence-electron chi connectivity index (χ4n) is 2.55. The zero-order valence-corrected chi connectivity index (χ0v) is 15.7. The summed E-state index contributed by atoms with van der Waals surface area (Å²) < 4.78 is 6.74. The number of hydrogen-bond donors (Lipinski definition) is 1. The minimum atomic E-state index is -0.581. The molecule has 0 aliphatic rings. The first kappa shape index (κ1) is 19.8. The topological polar surface area (TPSA) is 89.8 Å². The van der Waals surface area contributed by atoms with Crippen LogP contribution in [0.5, 0.6) is 5.75 Å². The van der Waals surface area contributed by atoms with Crippen LogP contribution >= 0.6 is 0 Å². The van der Waals surface area contributed by atoms with Crippen LogP contribution in [0.2, 0.25) is 0 Å². The van der Waals surface area contributed by atoms with E-state index in [1.807, 2.05) is 13.0 Å². The Morgan fingerprint density at radius 2 is 1.76 bits per heavy atom. The van der Waals surface area contributed by atoms with E-state index < -0.39 is 11.9 Å². The standard InChI is InChI=1S/C22H19N3O4/c1-2-25-14-6-9-19(21(25)27)20(26)24-23-15-16-10-12-18(13-11-16)29-22(28)17-7-4-3-5-8-17/h3-15H,2H2,1H3,(H,24,26)/b23-15-. The Balaban J connectivity index is 1.60. The smallest absolute Gasteiger partial charge is 0.343 e. The van der Waals surface area contributed by atoms with Crippen molar-refractivity contribution >= 4 is 18.1 Å². The van der Waals surface area contributed by atoms with Gasteiger partial charge in [-0.05, 0) is 61.0 Å². The van der Waals surface area contributed by atoms with Crippen molar-refractivity contribution < 1.29 is 14.3 Å². The molecule has 0 saturated heterocycles. The van der Waals surface area contributed by atoms with Crippen LogP contribution in [0.3, 0.4) is 0 Å². The summed E-state index contributed by atoms with van der Waals surface area (Å²) in [5.74, 6) is -0.633. The van der Waals surface area contributed by atoms with Gasteiger partial charge in [0.1, 0.15) is 11.3 Å². The third-order valence-corrected chi connectivity index (χ3v) is 4.09. The number of benzene rings is 2. The molecular weight excluding hydrogens is 370 g/mol. The van der Waals surface area contributed by atoms with Gasteiger partial charge in [0.15, 0.2) is 0 Å². The molecule has 7 nitrogen and oxygen atoms in total. The summed E-state index contributed by atoms with van der Waals surface area (Å²) in [6.45, 7) is 2.30. The first-order chi connectivity index (χ1) is 14.1. The highest BCUT2D eigenvalue weighted by Crippen LogP contribution is 2.13. The highest BCUT2D eigenvalue weighted by molar-refractivity contribution is 5.94. The maximum absolute atomic E-state index is 12.1. The Morgan fingerprint density at radius 3 is 2.45 bits per heavy atom. The lowest BCUT2D eigenvalue weighted by Crippen LogP contribution is -2.30. The van der Waals surface area contributed by atoms with E-state index in [-0.39, 0.29) is 11.1 Å². The molecule has 3 rings (SSSR count). The number of hydrazone groups is 1. The molecular formula is C22H19N3O4. The number of ether oxygens (including phenoxy) is 1. The zero-order valence-electron chi connectivity index (χ0n) is 15.7. The van der Waals surface area contributed by atoms with Crippen LogP contribution in [0.1, 0.15) is 33.2 Å². The number of amides is 1. The average Bonchev–Trinajstić information content (AvgIpc) is 2.75. The van der Waals surface area contributed by atoms with Crippen molar-refractivity contribution in [1.82, 2.24) is 9.99 Å². The van der Waals surface area contributed by atoms with E-state index in [2.05, 4.69) is 10.5 Å². The summed E-state index contributed by atoms with van der Waals surface area (Å²) in [6.07, 6.45) is 3.05. The molecule has 1 N–H and O–H groups in total.